The van der Waals surface area contributed by atoms with Gasteiger partial charge in [-0.15, -0.1) is 0 Å². The summed E-state index contributed by atoms with van der Waals surface area (Å²) in [4.78, 5) is 10.3. The van der Waals surface area contributed by atoms with Crippen LogP contribution in [0.5, 0.6) is 5.75 Å². The second-order valence-electron chi connectivity index (χ2n) is 4.14. The highest BCUT2D eigenvalue weighted by atomic mass is 19.1. The first-order valence-corrected chi connectivity index (χ1v) is 5.96. The summed E-state index contributed by atoms with van der Waals surface area (Å²) in [6, 6.07) is 9.87. The van der Waals surface area contributed by atoms with Crippen LogP contribution in [0.4, 0.5) is 8.78 Å². The maximum atomic E-state index is 13.6. The van der Waals surface area contributed by atoms with Crippen LogP contribution in [0.25, 0.3) is 11.1 Å². The van der Waals surface area contributed by atoms with Gasteiger partial charge in [-0.2, -0.15) is 0 Å². The highest BCUT2D eigenvalue weighted by Gasteiger charge is 2.06. The molecule has 0 unspecified atom stereocenters. The molecule has 0 heterocycles. The molecule has 0 radical (unpaired) electrons. The van der Waals surface area contributed by atoms with E-state index >= 15 is 0 Å². The van der Waals surface area contributed by atoms with Gasteiger partial charge in [0, 0.05) is 11.6 Å². The number of aliphatic carboxylic acids is 1. The minimum absolute atomic E-state index is 0.0690. The summed E-state index contributed by atoms with van der Waals surface area (Å²) in [7, 11) is 0. The van der Waals surface area contributed by atoms with Gasteiger partial charge in [0.05, 0.1) is 13.0 Å². The van der Waals surface area contributed by atoms with E-state index in [2.05, 4.69) is 0 Å². The smallest absolute Gasteiger partial charge is 0.306 e. The van der Waals surface area contributed by atoms with Crippen LogP contribution < -0.4 is 4.74 Å². The largest absolute Gasteiger partial charge is 0.493 e. The highest BCUT2D eigenvalue weighted by Crippen LogP contribution is 2.25. The van der Waals surface area contributed by atoms with E-state index < -0.39 is 17.6 Å². The van der Waals surface area contributed by atoms with Gasteiger partial charge in [-0.1, -0.05) is 12.1 Å². The fraction of sp³-hybridized carbons (Fsp3) is 0.133. The number of carbonyl (C=O) groups is 1. The van der Waals surface area contributed by atoms with Crippen LogP contribution >= 0.6 is 0 Å². The summed E-state index contributed by atoms with van der Waals surface area (Å²) in [6.07, 6.45) is -0.0889. The zero-order valence-corrected chi connectivity index (χ0v) is 10.5. The number of hydrogen-bond donors (Lipinski definition) is 1. The Labute approximate surface area is 114 Å². The first-order valence-electron chi connectivity index (χ1n) is 5.96. The van der Waals surface area contributed by atoms with Gasteiger partial charge in [0.15, 0.2) is 0 Å². The second kappa shape index (κ2) is 6.14. The molecule has 104 valence electrons. The summed E-state index contributed by atoms with van der Waals surface area (Å²) >= 11 is 0. The van der Waals surface area contributed by atoms with Crippen LogP contribution in [0, 0.1) is 11.6 Å². The van der Waals surface area contributed by atoms with Crippen LogP contribution in [0.3, 0.4) is 0 Å². The number of ether oxygens (including phenoxy) is 1. The molecule has 1 N–H and O–H groups in total. The molecule has 2 rings (SSSR count). The molecule has 3 nitrogen and oxygen atoms in total. The number of carboxylic acids is 1. The SMILES string of the molecule is O=C(O)CCOc1ccc(-c2ccc(F)cc2F)cc1. The molecular weight excluding hydrogens is 266 g/mol. The fourth-order valence-electron chi connectivity index (χ4n) is 1.71. The van der Waals surface area contributed by atoms with Crippen molar-refractivity contribution < 1.29 is 23.4 Å². The normalized spacial score (nSPS) is 10.3. The Kier molecular flexibility index (Phi) is 4.30. The molecule has 0 atom stereocenters. The summed E-state index contributed by atoms with van der Waals surface area (Å²) in [6.45, 7) is 0.0690. The zero-order chi connectivity index (χ0) is 14.5. The van der Waals surface area contributed by atoms with Gasteiger partial charge in [0.25, 0.3) is 0 Å². The number of rotatable bonds is 5. The molecule has 0 amide bonds. The Morgan fingerprint density at radius 1 is 1.10 bits per heavy atom. The van der Waals surface area contributed by atoms with Crippen LogP contribution in [-0.2, 0) is 4.79 Å². The quantitative estimate of drug-likeness (QED) is 0.910. The van der Waals surface area contributed by atoms with E-state index in [9.17, 15) is 13.6 Å². The number of halogens is 2. The molecule has 0 saturated carbocycles. The molecular formula is C15H12F2O3. The van der Waals surface area contributed by atoms with Crippen LogP contribution in [-0.4, -0.2) is 17.7 Å². The van der Waals surface area contributed by atoms with Crippen molar-refractivity contribution in [3.8, 4) is 16.9 Å². The van der Waals surface area contributed by atoms with Gasteiger partial charge in [0.1, 0.15) is 17.4 Å². The van der Waals surface area contributed by atoms with E-state index in [1.165, 1.54) is 12.1 Å². The average molecular weight is 278 g/mol. The highest BCUT2D eigenvalue weighted by molar-refractivity contribution is 5.67. The van der Waals surface area contributed by atoms with E-state index in [0.29, 0.717) is 16.9 Å². The Balaban J connectivity index is 2.09. The maximum absolute atomic E-state index is 13.6. The van der Waals surface area contributed by atoms with Crippen molar-refractivity contribution in [2.75, 3.05) is 6.61 Å². The minimum atomic E-state index is -0.935. The first-order chi connectivity index (χ1) is 9.56. The lowest BCUT2D eigenvalue weighted by atomic mass is 10.1. The number of hydrogen-bond acceptors (Lipinski definition) is 2. The Hall–Kier alpha value is -2.43. The maximum Gasteiger partial charge on any atom is 0.306 e. The molecule has 2 aromatic carbocycles. The van der Waals surface area contributed by atoms with Crippen molar-refractivity contribution >= 4 is 5.97 Å². The van der Waals surface area contributed by atoms with Crippen LogP contribution in [0.1, 0.15) is 6.42 Å². The third-order valence-corrected chi connectivity index (χ3v) is 2.68. The summed E-state index contributed by atoms with van der Waals surface area (Å²) in [5.41, 5.74) is 0.886. The van der Waals surface area contributed by atoms with Crippen molar-refractivity contribution in [2.45, 2.75) is 6.42 Å². The monoisotopic (exact) mass is 278 g/mol. The van der Waals surface area contributed by atoms with Crippen molar-refractivity contribution in [1.29, 1.82) is 0 Å². The van der Waals surface area contributed by atoms with E-state index in [4.69, 9.17) is 9.84 Å². The van der Waals surface area contributed by atoms with Crippen LogP contribution in [0.2, 0.25) is 0 Å². The van der Waals surface area contributed by atoms with Gasteiger partial charge in [0.2, 0.25) is 0 Å². The molecule has 0 aliphatic carbocycles. The van der Waals surface area contributed by atoms with E-state index in [1.807, 2.05) is 0 Å². The molecule has 20 heavy (non-hydrogen) atoms. The van der Waals surface area contributed by atoms with E-state index in [1.54, 1.807) is 24.3 Å². The van der Waals surface area contributed by atoms with Crippen LogP contribution in [0.15, 0.2) is 42.5 Å². The van der Waals surface area contributed by atoms with Crippen molar-refractivity contribution in [3.63, 3.8) is 0 Å². The first kappa shape index (κ1) is 14.0. The van der Waals surface area contributed by atoms with Gasteiger partial charge < -0.3 is 9.84 Å². The van der Waals surface area contributed by atoms with Gasteiger partial charge in [-0.05, 0) is 29.8 Å². The molecule has 0 spiro atoms. The Morgan fingerprint density at radius 3 is 2.40 bits per heavy atom. The molecule has 5 heteroatoms. The molecule has 0 aliphatic heterocycles. The molecule has 2 aromatic rings. The predicted molar refractivity (Wildman–Crippen MR) is 69.5 cm³/mol. The van der Waals surface area contributed by atoms with Gasteiger partial charge in [-0.3, -0.25) is 4.79 Å². The molecule has 0 bridgehead atoms. The fourth-order valence-corrected chi connectivity index (χ4v) is 1.71. The van der Waals surface area contributed by atoms with Gasteiger partial charge >= 0.3 is 5.97 Å². The van der Waals surface area contributed by atoms with Crippen molar-refractivity contribution in [1.82, 2.24) is 0 Å². The van der Waals surface area contributed by atoms with E-state index in [-0.39, 0.29) is 13.0 Å². The third-order valence-electron chi connectivity index (χ3n) is 2.68. The van der Waals surface area contributed by atoms with Crippen molar-refractivity contribution in [2.24, 2.45) is 0 Å². The Morgan fingerprint density at radius 2 is 1.80 bits per heavy atom. The standard InChI is InChI=1S/C15H12F2O3/c16-11-3-6-13(14(17)9-11)10-1-4-12(5-2-10)20-8-7-15(18)19/h1-6,9H,7-8H2,(H,18,19). The number of benzene rings is 2. The van der Waals surface area contributed by atoms with Crippen molar-refractivity contribution in [3.05, 3.63) is 54.1 Å². The number of carboxylic acid groups (broad SMARTS) is 1. The molecule has 0 aromatic heterocycles. The summed E-state index contributed by atoms with van der Waals surface area (Å²) in [5, 5.41) is 8.48. The lowest BCUT2D eigenvalue weighted by molar-refractivity contribution is -0.137. The van der Waals surface area contributed by atoms with Gasteiger partial charge in [-0.25, -0.2) is 8.78 Å². The average Bonchev–Trinajstić information content (AvgIpc) is 2.39. The minimum Gasteiger partial charge on any atom is -0.493 e. The summed E-state index contributed by atoms with van der Waals surface area (Å²) < 4.78 is 31.6. The topological polar surface area (TPSA) is 46.5 Å². The molecule has 0 fully saturated rings. The molecule has 0 aliphatic rings. The predicted octanol–water partition coefficient (Wildman–Crippen LogP) is 3.49. The Bertz CT molecular complexity index is 609. The molecule has 0 saturated heterocycles. The lowest BCUT2D eigenvalue weighted by Crippen LogP contribution is -2.04. The van der Waals surface area contributed by atoms with E-state index in [0.717, 1.165) is 6.07 Å². The third kappa shape index (κ3) is 3.54. The zero-order valence-electron chi connectivity index (χ0n) is 10.5. The second-order valence-corrected chi connectivity index (χ2v) is 4.14. The lowest BCUT2D eigenvalue weighted by Gasteiger charge is -2.07. The summed E-state index contributed by atoms with van der Waals surface area (Å²) in [5.74, 6) is -1.70.